The Morgan fingerprint density at radius 1 is 0.857 bits per heavy atom. The molecule has 2 heterocycles. The fourth-order valence-electron chi connectivity index (χ4n) is 3.51. The van der Waals surface area contributed by atoms with E-state index in [2.05, 4.69) is 15.0 Å². The lowest BCUT2D eigenvalue weighted by atomic mass is 9.97. The van der Waals surface area contributed by atoms with Crippen molar-refractivity contribution < 1.29 is 13.2 Å². The summed E-state index contributed by atoms with van der Waals surface area (Å²) >= 11 is 0. The maximum Gasteiger partial charge on any atom is 0.416 e. The van der Waals surface area contributed by atoms with Crippen molar-refractivity contribution in [3.8, 4) is 11.1 Å². The van der Waals surface area contributed by atoms with Gasteiger partial charge < -0.3 is 4.98 Å². The maximum atomic E-state index is 13.1. The number of aromatic amines is 1. The van der Waals surface area contributed by atoms with Gasteiger partial charge in [0.25, 0.3) is 0 Å². The van der Waals surface area contributed by atoms with E-state index in [9.17, 15) is 13.2 Å². The van der Waals surface area contributed by atoms with Crippen LogP contribution in [-0.4, -0.2) is 15.7 Å². The second-order valence-corrected chi connectivity index (χ2v) is 6.72. The number of hydrogen-bond acceptors (Lipinski definition) is 2. The van der Waals surface area contributed by atoms with Crippen LogP contribution < -0.4 is 0 Å². The minimum absolute atomic E-state index is 0.522. The minimum Gasteiger partial charge on any atom is -0.337 e. The molecule has 0 amide bonds. The quantitative estimate of drug-likeness (QED) is 0.485. The first-order chi connectivity index (χ1) is 13.5. The minimum atomic E-state index is -4.37. The van der Waals surface area contributed by atoms with Crippen LogP contribution in [0.3, 0.4) is 0 Å². The summed E-state index contributed by atoms with van der Waals surface area (Å²) in [6.45, 7) is 0.532. The molecule has 0 radical (unpaired) electrons. The molecule has 138 valence electrons. The zero-order chi connectivity index (χ0) is 19.3. The lowest BCUT2D eigenvalue weighted by Crippen LogP contribution is -2.05. The Labute approximate surface area is 158 Å². The molecule has 3 aromatic carbocycles. The Morgan fingerprint density at radius 3 is 2.50 bits per heavy atom. The van der Waals surface area contributed by atoms with Crippen LogP contribution in [0.4, 0.5) is 13.2 Å². The summed E-state index contributed by atoms with van der Waals surface area (Å²) < 4.78 is 39.2. The number of H-pyrrole nitrogens is 1. The zero-order valence-electron chi connectivity index (χ0n) is 14.6. The standard InChI is InChI=1S/C22H14F3N3/c23-22(24,25)16-5-3-4-13(10-16)14-8-9-15-12-26-20(17(15)11-14)21-27-18-6-1-2-7-19(18)28-21/h1-11H,12H2,(H,27,28). The fraction of sp³-hybridized carbons (Fsp3) is 0.0909. The van der Waals surface area contributed by atoms with Gasteiger partial charge in [-0.15, -0.1) is 0 Å². The van der Waals surface area contributed by atoms with Crippen molar-refractivity contribution in [1.29, 1.82) is 0 Å². The van der Waals surface area contributed by atoms with Gasteiger partial charge in [-0.1, -0.05) is 36.4 Å². The molecule has 0 spiro atoms. The summed E-state index contributed by atoms with van der Waals surface area (Å²) in [6.07, 6.45) is -4.37. The van der Waals surface area contributed by atoms with Crippen molar-refractivity contribution in [1.82, 2.24) is 9.97 Å². The van der Waals surface area contributed by atoms with Gasteiger partial charge in [-0.05, 0) is 47.0 Å². The predicted molar refractivity (Wildman–Crippen MR) is 102 cm³/mol. The number of aliphatic imine (C=N–C) groups is 1. The molecule has 3 nitrogen and oxygen atoms in total. The Balaban J connectivity index is 1.58. The molecule has 1 N–H and O–H groups in total. The highest BCUT2D eigenvalue weighted by molar-refractivity contribution is 6.14. The topological polar surface area (TPSA) is 41.0 Å². The number of rotatable bonds is 2. The number of halogens is 3. The zero-order valence-corrected chi connectivity index (χ0v) is 14.6. The van der Waals surface area contributed by atoms with Crippen molar-refractivity contribution in [3.05, 3.63) is 89.2 Å². The van der Waals surface area contributed by atoms with Gasteiger partial charge in [0.05, 0.1) is 23.1 Å². The Kier molecular flexibility index (Phi) is 3.62. The van der Waals surface area contributed by atoms with E-state index in [1.54, 1.807) is 6.07 Å². The van der Waals surface area contributed by atoms with Gasteiger partial charge in [0.15, 0.2) is 5.82 Å². The number of alkyl halides is 3. The van der Waals surface area contributed by atoms with Gasteiger partial charge in [0.1, 0.15) is 5.71 Å². The first-order valence-electron chi connectivity index (χ1n) is 8.79. The summed E-state index contributed by atoms with van der Waals surface area (Å²) in [6, 6.07) is 18.7. The maximum absolute atomic E-state index is 13.1. The molecule has 0 saturated heterocycles. The van der Waals surface area contributed by atoms with Gasteiger partial charge in [0.2, 0.25) is 0 Å². The lowest BCUT2D eigenvalue weighted by Gasteiger charge is -2.10. The van der Waals surface area contributed by atoms with Crippen molar-refractivity contribution in [2.24, 2.45) is 4.99 Å². The number of para-hydroxylation sites is 2. The second-order valence-electron chi connectivity index (χ2n) is 6.72. The molecule has 1 aliphatic heterocycles. The molecule has 4 aromatic rings. The van der Waals surface area contributed by atoms with Gasteiger partial charge in [-0.3, -0.25) is 4.99 Å². The van der Waals surface area contributed by atoms with E-state index < -0.39 is 11.7 Å². The van der Waals surface area contributed by atoms with Crippen LogP contribution in [0.25, 0.3) is 22.2 Å². The van der Waals surface area contributed by atoms with Crippen LogP contribution in [-0.2, 0) is 12.7 Å². The number of aromatic nitrogens is 2. The normalized spacial score (nSPS) is 13.6. The molecular formula is C22H14F3N3. The average Bonchev–Trinajstić information content (AvgIpc) is 3.30. The lowest BCUT2D eigenvalue weighted by molar-refractivity contribution is -0.137. The monoisotopic (exact) mass is 377 g/mol. The van der Waals surface area contributed by atoms with Gasteiger partial charge >= 0.3 is 6.18 Å². The van der Waals surface area contributed by atoms with E-state index in [4.69, 9.17) is 0 Å². The van der Waals surface area contributed by atoms with E-state index in [1.807, 2.05) is 42.5 Å². The molecule has 28 heavy (non-hydrogen) atoms. The molecule has 6 heteroatoms. The van der Waals surface area contributed by atoms with Crippen LogP contribution in [0.1, 0.15) is 22.5 Å². The Hall–Kier alpha value is -3.41. The molecule has 5 rings (SSSR count). The molecule has 0 aliphatic carbocycles. The molecular weight excluding hydrogens is 363 g/mol. The van der Waals surface area contributed by atoms with E-state index in [-0.39, 0.29) is 0 Å². The molecule has 1 aromatic heterocycles. The summed E-state index contributed by atoms with van der Waals surface area (Å²) in [7, 11) is 0. The van der Waals surface area contributed by atoms with Gasteiger partial charge in [-0.25, -0.2) is 4.98 Å². The molecule has 0 unspecified atom stereocenters. The number of imidazole rings is 1. The summed E-state index contributed by atoms with van der Waals surface area (Å²) in [5.74, 6) is 0.668. The van der Waals surface area contributed by atoms with Crippen molar-refractivity contribution >= 4 is 16.7 Å². The van der Waals surface area contributed by atoms with Crippen molar-refractivity contribution in [2.45, 2.75) is 12.7 Å². The number of nitrogens with zero attached hydrogens (tertiary/aromatic N) is 2. The van der Waals surface area contributed by atoms with Crippen LogP contribution in [0.15, 0.2) is 71.7 Å². The van der Waals surface area contributed by atoms with Gasteiger partial charge in [-0.2, -0.15) is 13.2 Å². The van der Waals surface area contributed by atoms with E-state index >= 15 is 0 Å². The molecule has 1 aliphatic rings. The van der Waals surface area contributed by atoms with Crippen LogP contribution in [0.2, 0.25) is 0 Å². The molecule has 0 saturated carbocycles. The first-order valence-corrected chi connectivity index (χ1v) is 8.79. The molecule has 0 bridgehead atoms. The third kappa shape index (κ3) is 2.78. The van der Waals surface area contributed by atoms with Gasteiger partial charge in [0, 0.05) is 5.56 Å². The SMILES string of the molecule is FC(F)(F)c1cccc(-c2ccc3c(c2)C(c2nc4ccccc4[nH]2)=NC3)c1. The van der Waals surface area contributed by atoms with Crippen LogP contribution in [0.5, 0.6) is 0 Å². The Morgan fingerprint density at radius 2 is 1.68 bits per heavy atom. The van der Waals surface area contributed by atoms with Crippen molar-refractivity contribution in [2.75, 3.05) is 0 Å². The largest absolute Gasteiger partial charge is 0.416 e. The highest BCUT2D eigenvalue weighted by Crippen LogP contribution is 2.34. The van der Waals surface area contributed by atoms with E-state index in [0.717, 1.165) is 39.5 Å². The second kappa shape index (κ2) is 6.05. The smallest absolute Gasteiger partial charge is 0.337 e. The van der Waals surface area contributed by atoms with E-state index in [1.165, 1.54) is 12.1 Å². The summed E-state index contributed by atoms with van der Waals surface area (Å²) in [5, 5.41) is 0. The average molecular weight is 377 g/mol. The summed E-state index contributed by atoms with van der Waals surface area (Å²) in [4.78, 5) is 12.5. The predicted octanol–water partition coefficient (Wildman–Crippen LogP) is 5.60. The third-order valence-electron chi connectivity index (χ3n) is 4.91. The number of fused-ring (bicyclic) bond motifs is 2. The summed E-state index contributed by atoms with van der Waals surface area (Å²) in [5.41, 5.74) is 5.02. The number of benzene rings is 3. The fourth-order valence-corrected chi connectivity index (χ4v) is 3.51. The molecule has 0 fully saturated rings. The highest BCUT2D eigenvalue weighted by Gasteiger charge is 2.30. The third-order valence-corrected chi connectivity index (χ3v) is 4.91. The van der Waals surface area contributed by atoms with E-state index in [0.29, 0.717) is 17.9 Å². The van der Waals surface area contributed by atoms with Crippen LogP contribution >= 0.6 is 0 Å². The van der Waals surface area contributed by atoms with Crippen LogP contribution in [0, 0.1) is 0 Å². The molecule has 0 atom stereocenters. The van der Waals surface area contributed by atoms with Crippen molar-refractivity contribution in [3.63, 3.8) is 0 Å². The number of hydrogen-bond donors (Lipinski definition) is 1. The highest BCUT2D eigenvalue weighted by atomic mass is 19.4. The Bertz CT molecular complexity index is 1200. The first kappa shape index (κ1) is 16.7. The number of nitrogens with one attached hydrogen (secondary N) is 1.